The normalized spacial score (nSPS) is 30.3. The summed E-state index contributed by atoms with van der Waals surface area (Å²) in [5.41, 5.74) is 1.84. The maximum Gasteiger partial charge on any atom is 0.397 e. The molecule has 4 saturated carbocycles. The van der Waals surface area contributed by atoms with Gasteiger partial charge in [-0.3, -0.25) is 0 Å². The number of hydrogen-bond acceptors (Lipinski definition) is 8. The summed E-state index contributed by atoms with van der Waals surface area (Å²) >= 11 is 0. The molecule has 0 amide bonds. The summed E-state index contributed by atoms with van der Waals surface area (Å²) in [5.74, 6) is 0.991. The van der Waals surface area contributed by atoms with Crippen molar-refractivity contribution in [2.75, 3.05) is 11.9 Å². The van der Waals surface area contributed by atoms with Crippen LogP contribution in [0, 0.1) is 17.8 Å². The Labute approximate surface area is 186 Å². The molecule has 170 valence electrons. The lowest BCUT2D eigenvalue weighted by atomic mass is 9.52. The minimum Gasteiger partial charge on any atom is -0.459 e. The Bertz CT molecular complexity index is 1140. The van der Waals surface area contributed by atoms with Crippen LogP contribution in [0.1, 0.15) is 57.1 Å². The second-order valence-electron chi connectivity index (χ2n) is 9.29. The fraction of sp³-hybridized carbons (Fsp3) is 0.565. The topological polar surface area (TPSA) is 126 Å². The summed E-state index contributed by atoms with van der Waals surface area (Å²) in [6, 6.07) is 2.25. The number of aliphatic hydroxyl groups is 1. The average molecular weight is 440 g/mol. The van der Waals surface area contributed by atoms with Crippen LogP contribution >= 0.6 is 0 Å². The van der Waals surface area contributed by atoms with Gasteiger partial charge in [0.2, 0.25) is 5.82 Å². The number of nitrogens with one attached hydrogen (secondary N) is 2. The Hall–Kier alpha value is -2.94. The molecular formula is C23H29N5O4. The number of fused-ring (bicyclic) bond motifs is 1. The smallest absolute Gasteiger partial charge is 0.397 e. The van der Waals surface area contributed by atoms with Crippen LogP contribution in [0.4, 0.5) is 5.69 Å². The van der Waals surface area contributed by atoms with Crippen molar-refractivity contribution in [2.45, 2.75) is 58.1 Å². The first kappa shape index (κ1) is 20.9. The third-order valence-corrected chi connectivity index (χ3v) is 7.26. The number of hydrogen-bond donors (Lipinski definition) is 3. The molecule has 4 aliphatic rings. The lowest BCUT2D eigenvalue weighted by Crippen LogP contribution is -2.59. The van der Waals surface area contributed by atoms with Crippen LogP contribution in [-0.2, 0) is 4.74 Å². The van der Waals surface area contributed by atoms with E-state index >= 15 is 0 Å². The molecule has 4 fully saturated rings. The van der Waals surface area contributed by atoms with Gasteiger partial charge in [-0.1, -0.05) is 12.6 Å². The number of esters is 1. The highest BCUT2D eigenvalue weighted by Crippen LogP contribution is 2.56. The van der Waals surface area contributed by atoms with Gasteiger partial charge >= 0.3 is 11.9 Å². The van der Waals surface area contributed by atoms with Crippen molar-refractivity contribution in [3.8, 4) is 11.4 Å². The fourth-order valence-corrected chi connectivity index (χ4v) is 6.33. The van der Waals surface area contributed by atoms with Gasteiger partial charge in [0, 0.05) is 23.8 Å². The number of pyridine rings is 1. The van der Waals surface area contributed by atoms with E-state index in [2.05, 4.69) is 25.4 Å². The number of aromatic nitrogens is 4. The molecule has 3 unspecified atom stereocenters. The van der Waals surface area contributed by atoms with E-state index in [9.17, 15) is 9.90 Å². The van der Waals surface area contributed by atoms with Crippen molar-refractivity contribution >= 4 is 22.7 Å². The largest absolute Gasteiger partial charge is 0.459 e. The predicted octanol–water partition coefficient (Wildman–Crippen LogP) is 3.78. The average Bonchev–Trinajstić information content (AvgIpc) is 3.39. The number of aromatic amines is 1. The number of carbonyl (C=O) groups is 1. The van der Waals surface area contributed by atoms with Gasteiger partial charge in [-0.25, -0.2) is 9.78 Å². The van der Waals surface area contributed by atoms with Gasteiger partial charge in [-0.15, -0.1) is 0 Å². The van der Waals surface area contributed by atoms with Crippen LogP contribution < -0.4 is 5.32 Å². The quantitative estimate of drug-likeness (QED) is 0.513. The van der Waals surface area contributed by atoms with Gasteiger partial charge in [0.25, 0.3) is 0 Å². The van der Waals surface area contributed by atoms with Crippen molar-refractivity contribution in [1.29, 1.82) is 0 Å². The number of carbonyl (C=O) groups excluding carboxylic acids is 1. The van der Waals surface area contributed by atoms with E-state index in [4.69, 9.17) is 9.26 Å². The van der Waals surface area contributed by atoms with E-state index in [0.717, 1.165) is 48.8 Å². The van der Waals surface area contributed by atoms with Crippen LogP contribution in [0.5, 0.6) is 0 Å². The molecule has 5 atom stereocenters. The molecule has 0 aromatic carbocycles. The van der Waals surface area contributed by atoms with E-state index < -0.39 is 11.6 Å². The summed E-state index contributed by atoms with van der Waals surface area (Å²) in [7, 11) is 0. The van der Waals surface area contributed by atoms with Gasteiger partial charge in [-0.05, 0) is 62.8 Å². The number of rotatable bonds is 5. The molecule has 32 heavy (non-hydrogen) atoms. The van der Waals surface area contributed by atoms with E-state index in [1.165, 1.54) is 0 Å². The molecule has 4 bridgehead atoms. The molecule has 3 aromatic heterocycles. The first-order valence-electron chi connectivity index (χ1n) is 11.0. The maximum absolute atomic E-state index is 12.0. The van der Waals surface area contributed by atoms with Gasteiger partial charge in [0.15, 0.2) is 0 Å². The Morgan fingerprint density at radius 3 is 2.84 bits per heavy atom. The first-order chi connectivity index (χ1) is 15.0. The first-order valence-corrected chi connectivity index (χ1v) is 11.0. The van der Waals surface area contributed by atoms with E-state index in [1.807, 2.05) is 12.3 Å². The van der Waals surface area contributed by atoms with Gasteiger partial charge < -0.3 is 24.7 Å². The van der Waals surface area contributed by atoms with Crippen LogP contribution in [-0.4, -0.2) is 49.4 Å². The number of anilines is 1. The second kappa shape index (κ2) is 7.58. The standard InChI is InChI=1S/C22H25N5O4.CH4/c1-2-30-21(28)20-26-19(27-31-20)15-10-24-18-14(3-4-23-18)17(15)25-16-12-5-11-6-13(16)9-22(29,7-11)8-12;/h3-4,10-13,16,29H,2,5-9H2,1H3,(H2,23,24,25);1H4/t11?,12-,13+,16?,22?;. The summed E-state index contributed by atoms with van der Waals surface area (Å²) < 4.78 is 10.1. The van der Waals surface area contributed by atoms with Gasteiger partial charge in [-0.2, -0.15) is 4.98 Å². The maximum atomic E-state index is 12.0. The lowest BCUT2D eigenvalue weighted by Gasteiger charge is -2.58. The number of nitrogens with zero attached hydrogens (tertiary/aromatic N) is 3. The predicted molar refractivity (Wildman–Crippen MR) is 118 cm³/mol. The molecule has 7 rings (SSSR count). The van der Waals surface area contributed by atoms with Crippen molar-refractivity contribution in [2.24, 2.45) is 17.8 Å². The molecular weight excluding hydrogens is 410 g/mol. The van der Waals surface area contributed by atoms with Crippen LogP contribution in [0.15, 0.2) is 23.0 Å². The third kappa shape index (κ3) is 3.26. The fourth-order valence-electron chi connectivity index (χ4n) is 6.33. The van der Waals surface area contributed by atoms with Crippen molar-refractivity contribution < 1.29 is 19.2 Å². The minimum atomic E-state index is -0.638. The zero-order valence-corrected chi connectivity index (χ0v) is 17.3. The zero-order chi connectivity index (χ0) is 21.2. The summed E-state index contributed by atoms with van der Waals surface area (Å²) in [6.45, 7) is 1.96. The Kier molecular flexibility index (Phi) is 4.96. The van der Waals surface area contributed by atoms with E-state index in [1.54, 1.807) is 13.1 Å². The number of H-pyrrole nitrogens is 1. The molecule has 0 saturated heterocycles. The molecule has 9 heteroatoms. The summed E-state index contributed by atoms with van der Waals surface area (Å²) in [5, 5.41) is 19.7. The van der Waals surface area contributed by atoms with Gasteiger partial charge in [0.1, 0.15) is 5.65 Å². The number of ether oxygens (including phenoxy) is 1. The summed E-state index contributed by atoms with van der Waals surface area (Å²) in [6.07, 6.45) is 8.52. The van der Waals surface area contributed by atoms with Crippen molar-refractivity contribution in [1.82, 2.24) is 20.1 Å². The van der Waals surface area contributed by atoms with Crippen LogP contribution in [0.25, 0.3) is 22.4 Å². The molecule has 4 aliphatic carbocycles. The highest BCUT2D eigenvalue weighted by atomic mass is 16.6. The monoisotopic (exact) mass is 439 g/mol. The van der Waals surface area contributed by atoms with Crippen LogP contribution in [0.2, 0.25) is 0 Å². The van der Waals surface area contributed by atoms with E-state index in [-0.39, 0.29) is 26.0 Å². The van der Waals surface area contributed by atoms with Crippen LogP contribution in [0.3, 0.4) is 0 Å². The summed E-state index contributed by atoms with van der Waals surface area (Å²) in [4.78, 5) is 23.9. The molecule has 0 radical (unpaired) electrons. The SMILES string of the molecule is C.CCOC(=O)c1nc(-c2cnc3[nH]ccc3c2NC2[C@@H]3CC4C[C@H]2CC(O)(C4)C3)no1. The van der Waals surface area contributed by atoms with Crippen molar-refractivity contribution in [3.05, 3.63) is 24.4 Å². The Balaban J connectivity index is 0.00000216. The molecule has 3 heterocycles. The molecule has 3 N–H and O–H groups in total. The van der Waals surface area contributed by atoms with E-state index in [0.29, 0.717) is 29.1 Å². The Morgan fingerprint density at radius 1 is 1.34 bits per heavy atom. The lowest BCUT2D eigenvalue weighted by molar-refractivity contribution is -0.129. The molecule has 0 spiro atoms. The molecule has 9 nitrogen and oxygen atoms in total. The third-order valence-electron chi connectivity index (χ3n) is 7.26. The van der Waals surface area contributed by atoms with Crippen molar-refractivity contribution in [3.63, 3.8) is 0 Å². The highest BCUT2D eigenvalue weighted by Gasteiger charge is 2.54. The molecule has 3 aromatic rings. The minimum absolute atomic E-state index is 0. The zero-order valence-electron chi connectivity index (χ0n) is 17.3. The second-order valence-corrected chi connectivity index (χ2v) is 9.29. The molecule has 0 aliphatic heterocycles. The Morgan fingerprint density at radius 2 is 2.12 bits per heavy atom. The highest BCUT2D eigenvalue weighted by molar-refractivity contribution is 5.97. The van der Waals surface area contributed by atoms with Gasteiger partial charge in [0.05, 0.1) is 23.5 Å².